The van der Waals surface area contributed by atoms with Crippen LogP contribution in [0.2, 0.25) is 0 Å². The van der Waals surface area contributed by atoms with Gasteiger partial charge in [0.2, 0.25) is 5.82 Å². The van der Waals surface area contributed by atoms with E-state index >= 15 is 0 Å². The van der Waals surface area contributed by atoms with Crippen LogP contribution in [-0.2, 0) is 28.8 Å². The molecule has 0 radical (unpaired) electrons. The van der Waals surface area contributed by atoms with Crippen LogP contribution in [0.15, 0.2) is 65.3 Å². The van der Waals surface area contributed by atoms with E-state index in [-0.39, 0.29) is 12.4 Å². The molecule has 0 saturated heterocycles. The van der Waals surface area contributed by atoms with Gasteiger partial charge in [0.1, 0.15) is 18.0 Å². The molecule has 4 rings (SSSR count). The maximum absolute atomic E-state index is 13.7. The minimum Gasteiger partial charge on any atom is -0.756 e. The minimum atomic E-state index is -4.92. The lowest BCUT2D eigenvalue weighted by Gasteiger charge is -2.14. The zero-order chi connectivity index (χ0) is 25.9. The van der Waals surface area contributed by atoms with Crippen molar-refractivity contribution in [3.63, 3.8) is 0 Å². The summed E-state index contributed by atoms with van der Waals surface area (Å²) in [6, 6.07) is 13.1. The smallest absolute Gasteiger partial charge is 0.285 e. The van der Waals surface area contributed by atoms with Gasteiger partial charge >= 0.3 is 0 Å². The molecule has 3 N–H and O–H groups in total. The molecule has 0 spiro atoms. The summed E-state index contributed by atoms with van der Waals surface area (Å²) in [5.74, 6) is -3.58. The highest BCUT2D eigenvalue weighted by Gasteiger charge is 2.18. The number of rotatable bonds is 9. The van der Waals surface area contributed by atoms with Crippen molar-refractivity contribution in [3.05, 3.63) is 95.1 Å². The van der Waals surface area contributed by atoms with Crippen molar-refractivity contribution in [2.24, 2.45) is 0 Å². The predicted octanol–water partition coefficient (Wildman–Crippen LogP) is 3.23. The zero-order valence-corrected chi connectivity index (χ0v) is 19.3. The number of aromatic nitrogens is 2. The fourth-order valence-corrected chi connectivity index (χ4v) is 3.57. The number of nitrogens with two attached hydrogens (primary N) is 1. The molecule has 0 amide bonds. The van der Waals surface area contributed by atoms with Crippen molar-refractivity contribution in [1.29, 1.82) is 0 Å². The van der Waals surface area contributed by atoms with Crippen LogP contribution in [0.1, 0.15) is 16.8 Å². The van der Waals surface area contributed by atoms with Crippen LogP contribution < -0.4 is 19.9 Å². The Morgan fingerprint density at radius 3 is 2.56 bits per heavy atom. The van der Waals surface area contributed by atoms with Gasteiger partial charge in [-0.2, -0.15) is 4.39 Å². The molecule has 188 valence electrons. The Morgan fingerprint density at radius 2 is 1.83 bits per heavy atom. The number of nitrogens with zero attached hydrogens (tertiary/aromatic N) is 2. The van der Waals surface area contributed by atoms with E-state index in [1.807, 2.05) is 0 Å². The number of anilines is 1. The highest BCUT2D eigenvalue weighted by Crippen LogP contribution is 2.30. The third-order valence-corrected chi connectivity index (χ3v) is 5.50. The minimum absolute atomic E-state index is 0.0940. The molecule has 0 aliphatic heterocycles. The van der Waals surface area contributed by atoms with Gasteiger partial charge in [-0.15, -0.1) is 0 Å². The van der Waals surface area contributed by atoms with Crippen LogP contribution in [0, 0.1) is 17.5 Å². The number of pyridine rings is 1. The monoisotopic (exact) mass is 521 g/mol. The topological polar surface area (TPSA) is 135 Å². The fourth-order valence-electron chi connectivity index (χ4n) is 3.30. The SMILES string of the molecule is Nc1c(-c2cc(Cc3ccc(COc4cc(F)cc(F)c4F)cc3)no2)ccc[n+]1COP(=O)([O-])O. The van der Waals surface area contributed by atoms with E-state index in [9.17, 15) is 22.6 Å². The number of hydrogen-bond acceptors (Lipinski definition) is 7. The van der Waals surface area contributed by atoms with E-state index < -0.39 is 37.8 Å². The van der Waals surface area contributed by atoms with E-state index in [0.29, 0.717) is 35.1 Å². The first-order valence-electron chi connectivity index (χ1n) is 10.4. The third kappa shape index (κ3) is 6.29. The van der Waals surface area contributed by atoms with Gasteiger partial charge in [-0.25, -0.2) is 13.3 Å². The Kier molecular flexibility index (Phi) is 7.41. The molecule has 0 fully saturated rings. The van der Waals surface area contributed by atoms with Crippen LogP contribution in [0.25, 0.3) is 11.3 Å². The average Bonchev–Trinajstić information content (AvgIpc) is 3.28. The lowest BCUT2D eigenvalue weighted by atomic mass is 10.1. The van der Waals surface area contributed by atoms with E-state index in [1.165, 1.54) is 10.8 Å². The molecule has 1 atom stereocenters. The van der Waals surface area contributed by atoms with Crippen LogP contribution in [-0.4, -0.2) is 10.1 Å². The summed E-state index contributed by atoms with van der Waals surface area (Å²) in [4.78, 5) is 19.6. The van der Waals surface area contributed by atoms with Gasteiger partial charge in [0.05, 0.1) is 11.9 Å². The largest absolute Gasteiger partial charge is 0.756 e. The number of benzene rings is 2. The van der Waals surface area contributed by atoms with E-state index in [1.54, 1.807) is 42.5 Å². The van der Waals surface area contributed by atoms with E-state index in [2.05, 4.69) is 9.68 Å². The Bertz CT molecular complexity index is 1430. The van der Waals surface area contributed by atoms with Crippen molar-refractivity contribution in [2.45, 2.75) is 19.8 Å². The summed E-state index contributed by atoms with van der Waals surface area (Å²) >= 11 is 0. The zero-order valence-electron chi connectivity index (χ0n) is 18.4. The van der Waals surface area contributed by atoms with Crippen molar-refractivity contribution >= 4 is 13.6 Å². The lowest BCUT2D eigenvalue weighted by molar-refractivity contribution is -0.712. The number of halogens is 3. The Morgan fingerprint density at radius 1 is 1.11 bits per heavy atom. The Labute approximate surface area is 202 Å². The van der Waals surface area contributed by atoms with Crippen molar-refractivity contribution in [3.8, 4) is 17.1 Å². The second-order valence-electron chi connectivity index (χ2n) is 7.67. The average molecular weight is 521 g/mol. The molecule has 36 heavy (non-hydrogen) atoms. The number of hydrogen-bond donors (Lipinski definition) is 2. The van der Waals surface area contributed by atoms with Gasteiger partial charge in [0, 0.05) is 24.6 Å². The lowest BCUT2D eigenvalue weighted by Crippen LogP contribution is -2.38. The first-order chi connectivity index (χ1) is 17.1. The number of phosphoric ester groups is 1. The van der Waals surface area contributed by atoms with Gasteiger partial charge in [0.15, 0.2) is 24.1 Å². The molecule has 2 heterocycles. The number of nitrogen functional groups attached to an aromatic ring is 1. The van der Waals surface area contributed by atoms with Crippen molar-refractivity contribution < 1.29 is 45.9 Å². The first kappa shape index (κ1) is 25.4. The van der Waals surface area contributed by atoms with Crippen LogP contribution >= 0.6 is 7.82 Å². The molecule has 0 aliphatic carbocycles. The third-order valence-electron chi connectivity index (χ3n) is 5.06. The number of ether oxygens (including phenoxy) is 1. The molecule has 9 nitrogen and oxygen atoms in total. The quantitative estimate of drug-likeness (QED) is 0.195. The molecule has 0 aliphatic rings. The van der Waals surface area contributed by atoms with Crippen LogP contribution in [0.5, 0.6) is 5.75 Å². The van der Waals surface area contributed by atoms with Crippen molar-refractivity contribution in [1.82, 2.24) is 5.16 Å². The molecule has 0 bridgehead atoms. The fraction of sp³-hybridized carbons (Fsp3) is 0.130. The van der Waals surface area contributed by atoms with E-state index in [4.69, 9.17) is 19.9 Å². The second kappa shape index (κ2) is 10.5. The number of phosphoric acid groups is 1. The first-order valence-corrected chi connectivity index (χ1v) is 11.9. The Hall–Kier alpha value is -3.70. The highest BCUT2D eigenvalue weighted by molar-refractivity contribution is 7.44. The van der Waals surface area contributed by atoms with Gasteiger partial charge in [-0.1, -0.05) is 29.4 Å². The van der Waals surface area contributed by atoms with Crippen LogP contribution in [0.4, 0.5) is 19.0 Å². The maximum atomic E-state index is 13.7. The molecule has 1 unspecified atom stereocenters. The van der Waals surface area contributed by atoms with Gasteiger partial charge < -0.3 is 19.0 Å². The second-order valence-corrected chi connectivity index (χ2v) is 8.86. The standard InChI is InChI=1S/C23H19F3N3O6P/c24-16-9-19(25)22(26)21(10-16)33-12-15-5-3-14(4-6-15)8-17-11-20(35-28-17)18-2-1-7-29(23(18)27)13-34-36(30,31)32/h1-7,9-11,27H,8,12-13H2,(H2,30,31,32). The molecule has 2 aromatic heterocycles. The van der Waals surface area contributed by atoms with Gasteiger partial charge in [-0.05, 0) is 23.3 Å². The summed E-state index contributed by atoms with van der Waals surface area (Å²) in [6.45, 7) is -0.613. The predicted molar refractivity (Wildman–Crippen MR) is 117 cm³/mol. The Balaban J connectivity index is 1.40. The molecule has 13 heteroatoms. The van der Waals surface area contributed by atoms with Gasteiger partial charge in [0.25, 0.3) is 13.6 Å². The summed E-state index contributed by atoms with van der Waals surface area (Å²) in [5.41, 5.74) is 8.59. The summed E-state index contributed by atoms with van der Waals surface area (Å²) in [6.07, 6.45) is 1.87. The van der Waals surface area contributed by atoms with Gasteiger partial charge in [-0.3, -0.25) is 14.8 Å². The molecule has 2 aromatic carbocycles. The molecule has 4 aromatic rings. The van der Waals surface area contributed by atoms with E-state index in [0.717, 1.165) is 11.6 Å². The maximum Gasteiger partial charge on any atom is 0.285 e. The summed E-state index contributed by atoms with van der Waals surface area (Å²) in [7, 11) is -4.92. The summed E-state index contributed by atoms with van der Waals surface area (Å²) in [5, 5.41) is 4.03. The molecule has 0 saturated carbocycles. The van der Waals surface area contributed by atoms with Crippen molar-refractivity contribution in [2.75, 3.05) is 5.73 Å². The summed E-state index contributed by atoms with van der Waals surface area (Å²) < 4.78 is 67.4. The molecular weight excluding hydrogens is 502 g/mol. The normalized spacial score (nSPS) is 12.9. The molecular formula is C23H19F3N3O6P. The van der Waals surface area contributed by atoms with Crippen LogP contribution in [0.3, 0.4) is 0 Å². The highest BCUT2D eigenvalue weighted by atomic mass is 31.2.